The number of phenolic OH excluding ortho intramolecular Hbond substituents is 1. The molecule has 0 radical (unpaired) electrons. The van der Waals surface area contributed by atoms with Crippen molar-refractivity contribution in [2.75, 3.05) is 39.5 Å². The minimum atomic E-state index is 0.243. The van der Waals surface area contributed by atoms with E-state index in [4.69, 9.17) is 9.47 Å². The van der Waals surface area contributed by atoms with E-state index in [1.54, 1.807) is 6.07 Å². The van der Waals surface area contributed by atoms with E-state index in [9.17, 15) is 5.11 Å². The fourth-order valence-electron chi connectivity index (χ4n) is 2.60. The SMILES string of the molecule is CCN1CCN(Cc2cc3c(cc2O)OCO3)CC1. The second-order valence-electron chi connectivity index (χ2n) is 5.04. The zero-order valence-electron chi connectivity index (χ0n) is 11.3. The van der Waals surface area contributed by atoms with Gasteiger partial charge in [-0.2, -0.15) is 0 Å². The monoisotopic (exact) mass is 264 g/mol. The lowest BCUT2D eigenvalue weighted by atomic mass is 10.1. The lowest BCUT2D eigenvalue weighted by molar-refractivity contribution is 0.131. The highest BCUT2D eigenvalue weighted by molar-refractivity contribution is 5.51. The number of hydrogen-bond acceptors (Lipinski definition) is 5. The summed E-state index contributed by atoms with van der Waals surface area (Å²) in [7, 11) is 0. The van der Waals surface area contributed by atoms with Crippen LogP contribution in [0.1, 0.15) is 12.5 Å². The molecule has 1 saturated heterocycles. The van der Waals surface area contributed by atoms with E-state index in [1.165, 1.54) is 0 Å². The van der Waals surface area contributed by atoms with E-state index in [2.05, 4.69) is 16.7 Å². The van der Waals surface area contributed by atoms with Crippen molar-refractivity contribution in [3.05, 3.63) is 17.7 Å². The van der Waals surface area contributed by atoms with E-state index < -0.39 is 0 Å². The van der Waals surface area contributed by atoms with Gasteiger partial charge in [-0.3, -0.25) is 4.90 Å². The highest BCUT2D eigenvalue weighted by Gasteiger charge is 2.20. The number of piperazine rings is 1. The van der Waals surface area contributed by atoms with Crippen molar-refractivity contribution in [1.29, 1.82) is 0 Å². The Kier molecular flexibility index (Phi) is 3.48. The van der Waals surface area contributed by atoms with Gasteiger partial charge in [0.05, 0.1) is 0 Å². The van der Waals surface area contributed by atoms with Crippen molar-refractivity contribution in [2.45, 2.75) is 13.5 Å². The number of benzene rings is 1. The molecule has 2 aliphatic rings. The highest BCUT2D eigenvalue weighted by Crippen LogP contribution is 2.38. The predicted molar refractivity (Wildman–Crippen MR) is 71.6 cm³/mol. The van der Waals surface area contributed by atoms with Gasteiger partial charge in [0.25, 0.3) is 0 Å². The van der Waals surface area contributed by atoms with Crippen LogP contribution in [0.3, 0.4) is 0 Å². The lowest BCUT2D eigenvalue weighted by Crippen LogP contribution is -2.45. The van der Waals surface area contributed by atoms with Gasteiger partial charge in [0.1, 0.15) is 5.75 Å². The minimum Gasteiger partial charge on any atom is -0.507 e. The van der Waals surface area contributed by atoms with E-state index in [0.717, 1.165) is 50.6 Å². The van der Waals surface area contributed by atoms with Crippen molar-refractivity contribution >= 4 is 0 Å². The van der Waals surface area contributed by atoms with Crippen LogP contribution in [0.2, 0.25) is 0 Å². The van der Waals surface area contributed by atoms with Crippen molar-refractivity contribution in [2.24, 2.45) is 0 Å². The number of hydrogen-bond donors (Lipinski definition) is 1. The lowest BCUT2D eigenvalue weighted by Gasteiger charge is -2.34. The zero-order valence-corrected chi connectivity index (χ0v) is 11.3. The van der Waals surface area contributed by atoms with Gasteiger partial charge in [-0.1, -0.05) is 6.92 Å². The molecule has 1 fully saturated rings. The third kappa shape index (κ3) is 2.62. The van der Waals surface area contributed by atoms with Crippen molar-refractivity contribution < 1.29 is 14.6 Å². The quantitative estimate of drug-likeness (QED) is 0.890. The molecule has 0 unspecified atom stereocenters. The molecule has 0 aliphatic carbocycles. The maximum atomic E-state index is 10.0. The molecule has 0 saturated carbocycles. The van der Waals surface area contributed by atoms with E-state index in [1.807, 2.05) is 6.07 Å². The molecule has 0 atom stereocenters. The fourth-order valence-corrected chi connectivity index (χ4v) is 2.60. The van der Waals surface area contributed by atoms with Crippen molar-refractivity contribution in [3.63, 3.8) is 0 Å². The molecule has 0 amide bonds. The molecule has 0 aromatic heterocycles. The number of rotatable bonds is 3. The van der Waals surface area contributed by atoms with Crippen molar-refractivity contribution in [1.82, 2.24) is 9.80 Å². The summed E-state index contributed by atoms with van der Waals surface area (Å²) in [6, 6.07) is 3.55. The van der Waals surface area contributed by atoms with Gasteiger partial charge < -0.3 is 19.5 Å². The molecule has 19 heavy (non-hydrogen) atoms. The van der Waals surface area contributed by atoms with Gasteiger partial charge in [0.15, 0.2) is 11.5 Å². The van der Waals surface area contributed by atoms with Crippen LogP contribution in [0.5, 0.6) is 17.2 Å². The first-order chi connectivity index (χ1) is 9.26. The largest absolute Gasteiger partial charge is 0.507 e. The molecular weight excluding hydrogens is 244 g/mol. The predicted octanol–water partition coefficient (Wildman–Crippen LogP) is 1.26. The van der Waals surface area contributed by atoms with Gasteiger partial charge in [0, 0.05) is 44.4 Å². The van der Waals surface area contributed by atoms with Gasteiger partial charge in [-0.05, 0) is 12.6 Å². The number of fused-ring (bicyclic) bond motifs is 1. The third-order valence-electron chi connectivity index (χ3n) is 3.88. The van der Waals surface area contributed by atoms with Gasteiger partial charge >= 0.3 is 0 Å². The Morgan fingerprint density at radius 2 is 1.68 bits per heavy atom. The molecule has 5 heteroatoms. The number of ether oxygens (including phenoxy) is 2. The molecule has 1 N–H and O–H groups in total. The highest BCUT2D eigenvalue weighted by atomic mass is 16.7. The van der Waals surface area contributed by atoms with Gasteiger partial charge in [-0.15, -0.1) is 0 Å². The Bertz CT molecular complexity index is 456. The number of aromatic hydroxyl groups is 1. The first kappa shape index (κ1) is 12.6. The Morgan fingerprint density at radius 3 is 2.37 bits per heavy atom. The Hall–Kier alpha value is -1.46. The summed E-state index contributed by atoms with van der Waals surface area (Å²) in [5.41, 5.74) is 0.911. The molecule has 5 nitrogen and oxygen atoms in total. The summed E-state index contributed by atoms with van der Waals surface area (Å²) < 4.78 is 10.6. The number of phenols is 1. The zero-order chi connectivity index (χ0) is 13.2. The summed E-state index contributed by atoms with van der Waals surface area (Å²) in [5, 5.41) is 10.0. The summed E-state index contributed by atoms with van der Waals surface area (Å²) >= 11 is 0. The summed E-state index contributed by atoms with van der Waals surface area (Å²) in [6.45, 7) is 8.60. The molecule has 3 rings (SSSR count). The molecule has 0 bridgehead atoms. The molecule has 1 aromatic carbocycles. The van der Waals surface area contributed by atoms with E-state index in [0.29, 0.717) is 11.5 Å². The first-order valence-electron chi connectivity index (χ1n) is 6.82. The molecule has 2 aliphatic heterocycles. The topological polar surface area (TPSA) is 45.2 Å². The smallest absolute Gasteiger partial charge is 0.231 e. The van der Waals surface area contributed by atoms with Crippen LogP contribution in [0.15, 0.2) is 12.1 Å². The van der Waals surface area contributed by atoms with Crippen LogP contribution in [0, 0.1) is 0 Å². The van der Waals surface area contributed by atoms with E-state index in [-0.39, 0.29) is 6.79 Å². The van der Waals surface area contributed by atoms with E-state index >= 15 is 0 Å². The Labute approximate surface area is 113 Å². The van der Waals surface area contributed by atoms with Crippen LogP contribution in [0.25, 0.3) is 0 Å². The third-order valence-corrected chi connectivity index (χ3v) is 3.88. The Morgan fingerprint density at radius 1 is 1.05 bits per heavy atom. The second-order valence-corrected chi connectivity index (χ2v) is 5.04. The van der Waals surface area contributed by atoms with Crippen LogP contribution in [-0.4, -0.2) is 54.4 Å². The number of nitrogens with zero attached hydrogens (tertiary/aromatic N) is 2. The molecule has 1 aromatic rings. The molecule has 2 heterocycles. The summed E-state index contributed by atoms with van der Waals surface area (Å²) in [5.74, 6) is 1.67. The second kappa shape index (κ2) is 5.27. The first-order valence-corrected chi connectivity index (χ1v) is 6.82. The van der Waals surface area contributed by atoms with Crippen LogP contribution < -0.4 is 9.47 Å². The Balaban J connectivity index is 1.67. The minimum absolute atomic E-state index is 0.243. The van der Waals surface area contributed by atoms with Gasteiger partial charge in [-0.25, -0.2) is 0 Å². The van der Waals surface area contributed by atoms with Crippen LogP contribution >= 0.6 is 0 Å². The normalized spacial score (nSPS) is 19.8. The summed E-state index contributed by atoms with van der Waals surface area (Å²) in [4.78, 5) is 4.80. The number of likely N-dealkylation sites (N-methyl/N-ethyl adjacent to an activating group) is 1. The molecule has 104 valence electrons. The maximum absolute atomic E-state index is 10.0. The van der Waals surface area contributed by atoms with Crippen LogP contribution in [0.4, 0.5) is 0 Å². The maximum Gasteiger partial charge on any atom is 0.231 e. The van der Waals surface area contributed by atoms with Gasteiger partial charge in [0.2, 0.25) is 6.79 Å². The summed E-state index contributed by atoms with van der Waals surface area (Å²) in [6.07, 6.45) is 0. The standard InChI is InChI=1S/C14H20N2O3/c1-2-15-3-5-16(6-4-15)9-11-7-13-14(8-12(11)17)19-10-18-13/h7-8,17H,2-6,9-10H2,1H3. The van der Waals surface area contributed by atoms with Crippen molar-refractivity contribution in [3.8, 4) is 17.2 Å². The van der Waals surface area contributed by atoms with Crippen LogP contribution in [-0.2, 0) is 6.54 Å². The molecule has 0 spiro atoms. The fraction of sp³-hybridized carbons (Fsp3) is 0.571. The molecular formula is C14H20N2O3. The average Bonchev–Trinajstić information content (AvgIpc) is 2.87. The average molecular weight is 264 g/mol.